The number of hydrogen-bond donors (Lipinski definition) is 1. The second-order valence-corrected chi connectivity index (χ2v) is 9.24. The van der Waals surface area contributed by atoms with Crippen molar-refractivity contribution in [2.45, 2.75) is 51.8 Å². The summed E-state index contributed by atoms with van der Waals surface area (Å²) in [6.45, 7) is 6.87. The third-order valence-corrected chi connectivity index (χ3v) is 6.70. The Balaban J connectivity index is 1.59. The Morgan fingerprint density at radius 3 is 2.63 bits per heavy atom. The van der Waals surface area contributed by atoms with Crippen molar-refractivity contribution in [1.29, 1.82) is 0 Å². The second kappa shape index (κ2) is 9.49. The molecule has 0 amide bonds. The predicted molar refractivity (Wildman–Crippen MR) is 126 cm³/mol. The van der Waals surface area contributed by atoms with Crippen molar-refractivity contribution in [3.63, 3.8) is 0 Å². The predicted octanol–water partition coefficient (Wildman–Crippen LogP) is 4.33. The molecular weight excluding hydrogens is 457 g/mol. The molecule has 0 aliphatic carbocycles. The van der Waals surface area contributed by atoms with E-state index in [-0.39, 0.29) is 11.7 Å². The highest BCUT2D eigenvalue weighted by Gasteiger charge is 2.27. The van der Waals surface area contributed by atoms with Crippen molar-refractivity contribution in [3.05, 3.63) is 52.5 Å². The zero-order valence-electron chi connectivity index (χ0n) is 20.1. The number of hydrogen-bond acceptors (Lipinski definition) is 6. The number of aromatic nitrogens is 3. The van der Waals surface area contributed by atoms with Gasteiger partial charge in [-0.15, -0.1) is 0 Å². The van der Waals surface area contributed by atoms with E-state index in [4.69, 9.17) is 4.74 Å². The van der Waals surface area contributed by atoms with Crippen LogP contribution in [0, 0.1) is 12.7 Å². The van der Waals surface area contributed by atoms with Gasteiger partial charge in [0, 0.05) is 31.7 Å². The molecule has 7 nitrogen and oxygen atoms in total. The number of fused-ring (bicyclic) bond motifs is 3. The van der Waals surface area contributed by atoms with Gasteiger partial charge in [-0.1, -0.05) is 18.2 Å². The zero-order chi connectivity index (χ0) is 24.7. The van der Waals surface area contributed by atoms with E-state index in [2.05, 4.69) is 36.8 Å². The van der Waals surface area contributed by atoms with Crippen LogP contribution >= 0.6 is 0 Å². The van der Waals surface area contributed by atoms with Crippen molar-refractivity contribution in [2.24, 2.45) is 4.99 Å². The molecule has 5 rings (SSSR count). The highest BCUT2D eigenvalue weighted by molar-refractivity contribution is 5.68. The van der Waals surface area contributed by atoms with E-state index in [1.54, 1.807) is 13.8 Å². The van der Waals surface area contributed by atoms with E-state index < -0.39 is 23.8 Å². The first kappa shape index (κ1) is 23.6. The summed E-state index contributed by atoms with van der Waals surface area (Å²) in [6, 6.07) is 5.18. The molecule has 186 valence electrons. The van der Waals surface area contributed by atoms with E-state index in [9.17, 15) is 13.2 Å². The molecule has 1 aromatic carbocycles. The molecule has 0 unspecified atom stereocenters. The molecule has 35 heavy (non-hydrogen) atoms. The van der Waals surface area contributed by atoms with Crippen molar-refractivity contribution in [3.8, 4) is 17.1 Å². The van der Waals surface area contributed by atoms with Gasteiger partial charge in [-0.25, -0.2) is 23.1 Å². The zero-order valence-corrected chi connectivity index (χ0v) is 20.1. The number of halogens is 3. The minimum Gasteiger partial charge on any atom is -0.486 e. The van der Waals surface area contributed by atoms with E-state index in [1.165, 1.54) is 12.1 Å². The topological polar surface area (TPSA) is 67.6 Å². The number of rotatable bonds is 5. The van der Waals surface area contributed by atoms with E-state index in [1.807, 2.05) is 6.07 Å². The molecular formula is C25H29F3N6O. The van der Waals surface area contributed by atoms with Crippen LogP contribution < -0.4 is 15.5 Å². The fourth-order valence-electron chi connectivity index (χ4n) is 4.79. The SMILES string of the molecule is Cc1nc2n3c(c(OC4CCN(C)CC4)cc-2c(=N[C@H](C)c2cccc(C(F)F)c2F)n1)NCC3. The van der Waals surface area contributed by atoms with Crippen LogP contribution in [0.5, 0.6) is 5.75 Å². The molecule has 0 radical (unpaired) electrons. The minimum atomic E-state index is -2.89. The lowest BCUT2D eigenvalue weighted by atomic mass is 10.0. The van der Waals surface area contributed by atoms with Crippen LogP contribution in [0.25, 0.3) is 11.4 Å². The molecule has 0 aromatic heterocycles. The Morgan fingerprint density at radius 2 is 1.89 bits per heavy atom. The van der Waals surface area contributed by atoms with Crippen LogP contribution in [0.4, 0.5) is 19.0 Å². The number of aryl methyl sites for hydroxylation is 1. The number of benzene rings is 1. The van der Waals surface area contributed by atoms with Gasteiger partial charge in [0.15, 0.2) is 17.1 Å². The molecule has 0 spiro atoms. The summed E-state index contributed by atoms with van der Waals surface area (Å²) in [5.74, 6) is 1.90. The minimum absolute atomic E-state index is 0.102. The molecule has 1 fully saturated rings. The third kappa shape index (κ3) is 4.59. The number of ether oxygens (including phenoxy) is 1. The number of anilines is 1. The molecule has 0 saturated carbocycles. The molecule has 4 aliphatic heterocycles. The summed E-state index contributed by atoms with van der Waals surface area (Å²) < 4.78 is 49.8. The van der Waals surface area contributed by atoms with Gasteiger partial charge in [0.1, 0.15) is 23.6 Å². The van der Waals surface area contributed by atoms with Crippen LogP contribution in [0.2, 0.25) is 0 Å². The van der Waals surface area contributed by atoms with Crippen LogP contribution in [-0.4, -0.2) is 52.2 Å². The smallest absolute Gasteiger partial charge is 0.266 e. The standard InChI is InChI=1S/C25H29F3N6O/c1-14(17-5-4-6-18(21(17)26)22(27)28)30-23-19-13-20(35-16-7-10-33(3)11-8-16)25-29-9-12-34(25)24(19)32-15(2)31-23/h4-6,13-14,16,22,29H,7-12H2,1-3H3/t14-/m1/s1. The van der Waals surface area contributed by atoms with E-state index in [0.717, 1.165) is 44.4 Å². The lowest BCUT2D eigenvalue weighted by Gasteiger charge is -2.30. The monoisotopic (exact) mass is 486 g/mol. The number of alkyl halides is 2. The van der Waals surface area contributed by atoms with Gasteiger partial charge in [0.25, 0.3) is 6.43 Å². The highest BCUT2D eigenvalue weighted by atomic mass is 19.3. The Labute approximate surface area is 202 Å². The first-order valence-corrected chi connectivity index (χ1v) is 11.9. The number of piperidine rings is 1. The maximum absolute atomic E-state index is 14.8. The third-order valence-electron chi connectivity index (χ3n) is 6.70. The van der Waals surface area contributed by atoms with Gasteiger partial charge < -0.3 is 19.5 Å². The van der Waals surface area contributed by atoms with Crippen molar-refractivity contribution >= 4 is 5.82 Å². The maximum Gasteiger partial charge on any atom is 0.266 e. The van der Waals surface area contributed by atoms with Gasteiger partial charge in [0.05, 0.1) is 17.2 Å². The van der Waals surface area contributed by atoms with Gasteiger partial charge >= 0.3 is 0 Å². The first-order valence-electron chi connectivity index (χ1n) is 11.9. The fraction of sp³-hybridized carbons (Fsp3) is 0.480. The quantitative estimate of drug-likeness (QED) is 0.582. The Morgan fingerprint density at radius 1 is 1.14 bits per heavy atom. The molecule has 4 aliphatic rings. The largest absolute Gasteiger partial charge is 0.486 e. The molecule has 1 saturated heterocycles. The van der Waals surface area contributed by atoms with Crippen LogP contribution in [0.15, 0.2) is 29.3 Å². The van der Waals surface area contributed by atoms with Crippen LogP contribution in [-0.2, 0) is 6.54 Å². The summed E-state index contributed by atoms with van der Waals surface area (Å²) in [5, 5.41) is 3.40. The van der Waals surface area contributed by atoms with Gasteiger partial charge in [0.2, 0.25) is 0 Å². The normalized spacial score (nSPS) is 18.2. The fourth-order valence-corrected chi connectivity index (χ4v) is 4.79. The van der Waals surface area contributed by atoms with E-state index >= 15 is 0 Å². The first-order chi connectivity index (χ1) is 16.8. The number of pyridine rings is 1. The second-order valence-electron chi connectivity index (χ2n) is 9.24. The number of nitrogens with one attached hydrogen (secondary N) is 1. The Hall–Kier alpha value is -3.14. The lowest BCUT2D eigenvalue weighted by Crippen LogP contribution is -2.35. The Bertz CT molecular complexity index is 1270. The average molecular weight is 487 g/mol. The summed E-state index contributed by atoms with van der Waals surface area (Å²) in [4.78, 5) is 16.1. The molecule has 10 heteroatoms. The van der Waals surface area contributed by atoms with Gasteiger partial charge in [-0.2, -0.15) is 0 Å². The average Bonchev–Trinajstić information content (AvgIpc) is 3.32. The molecule has 1 N–H and O–H groups in total. The highest BCUT2D eigenvalue weighted by Crippen LogP contribution is 2.36. The van der Waals surface area contributed by atoms with E-state index in [0.29, 0.717) is 35.0 Å². The maximum atomic E-state index is 14.8. The number of likely N-dealkylation sites (tertiary alicyclic amines) is 1. The van der Waals surface area contributed by atoms with Gasteiger partial charge in [-0.05, 0) is 39.8 Å². The van der Waals surface area contributed by atoms with Crippen LogP contribution in [0.3, 0.4) is 0 Å². The Kier molecular flexibility index (Phi) is 6.39. The van der Waals surface area contributed by atoms with Crippen molar-refractivity contribution in [1.82, 2.24) is 19.4 Å². The van der Waals surface area contributed by atoms with Crippen molar-refractivity contribution in [2.75, 3.05) is 32.0 Å². The van der Waals surface area contributed by atoms with Crippen molar-refractivity contribution < 1.29 is 17.9 Å². The summed E-state index contributed by atoms with van der Waals surface area (Å²) >= 11 is 0. The molecule has 1 atom stereocenters. The lowest BCUT2D eigenvalue weighted by molar-refractivity contribution is 0.114. The van der Waals surface area contributed by atoms with Gasteiger partial charge in [-0.3, -0.25) is 4.99 Å². The molecule has 4 heterocycles. The molecule has 0 bridgehead atoms. The summed E-state index contributed by atoms with van der Waals surface area (Å²) in [6.07, 6.45) is -0.915. The number of nitrogens with zero attached hydrogens (tertiary/aromatic N) is 5. The summed E-state index contributed by atoms with van der Waals surface area (Å²) in [7, 11) is 2.11. The summed E-state index contributed by atoms with van der Waals surface area (Å²) in [5.41, 5.74) is 0.549. The van der Waals surface area contributed by atoms with Crippen LogP contribution in [0.1, 0.15) is 49.2 Å². The molecule has 1 aromatic rings.